The number of piperidine rings is 1. The molecule has 1 saturated heterocycles. The Hall–Kier alpha value is -2.77. The van der Waals surface area contributed by atoms with Crippen molar-refractivity contribution < 1.29 is 9.18 Å². The highest BCUT2D eigenvalue weighted by atomic mass is 35.5. The number of carbonyl (C=O) groups excluding carboxylic acids is 1. The minimum absolute atomic E-state index is 0.271. The molecule has 0 radical (unpaired) electrons. The van der Waals surface area contributed by atoms with Crippen LogP contribution in [0, 0.1) is 0 Å². The number of halogens is 2. The molecule has 0 amide bonds. The molecule has 1 fully saturated rings. The van der Waals surface area contributed by atoms with Crippen LogP contribution in [0.4, 0.5) is 4.39 Å². The zero-order chi connectivity index (χ0) is 21.4. The number of likely N-dealkylation sites (tertiary alicyclic amines) is 1. The van der Waals surface area contributed by atoms with E-state index < -0.39 is 5.67 Å². The fraction of sp³-hybridized carbons (Fsp3) is 0.318. The van der Waals surface area contributed by atoms with Gasteiger partial charge in [-0.3, -0.25) is 19.7 Å². The van der Waals surface area contributed by atoms with E-state index in [1.807, 2.05) is 19.2 Å². The SMILES string of the molecule is CN1CCC(F)(Cc2nccnc2Cl)CC1.O=Cc1cccnc1-c1ccncc1. The van der Waals surface area contributed by atoms with Crippen LogP contribution in [0.1, 0.15) is 28.9 Å². The molecule has 0 saturated carbocycles. The number of alkyl halides is 1. The van der Waals surface area contributed by atoms with Crippen molar-refractivity contribution in [2.24, 2.45) is 0 Å². The summed E-state index contributed by atoms with van der Waals surface area (Å²) in [6.45, 7) is 1.57. The molecule has 0 aliphatic carbocycles. The van der Waals surface area contributed by atoms with Crippen LogP contribution in [-0.2, 0) is 6.42 Å². The number of nitrogens with zero attached hydrogens (tertiary/aromatic N) is 5. The molecule has 0 spiro atoms. The zero-order valence-corrected chi connectivity index (χ0v) is 17.5. The average Bonchev–Trinajstić information content (AvgIpc) is 2.79. The van der Waals surface area contributed by atoms with E-state index in [1.165, 1.54) is 6.20 Å². The Labute approximate surface area is 180 Å². The monoisotopic (exact) mass is 427 g/mol. The van der Waals surface area contributed by atoms with Gasteiger partial charge in [0, 0.05) is 61.6 Å². The molecule has 0 unspecified atom stereocenters. The average molecular weight is 428 g/mol. The molecule has 0 atom stereocenters. The molecule has 30 heavy (non-hydrogen) atoms. The van der Waals surface area contributed by atoms with Crippen LogP contribution in [0.3, 0.4) is 0 Å². The fourth-order valence-corrected chi connectivity index (χ4v) is 3.40. The number of hydrogen-bond acceptors (Lipinski definition) is 6. The summed E-state index contributed by atoms with van der Waals surface area (Å²) < 4.78 is 14.5. The van der Waals surface area contributed by atoms with Gasteiger partial charge in [0.25, 0.3) is 0 Å². The van der Waals surface area contributed by atoms with Crippen molar-refractivity contribution in [3.05, 3.63) is 71.7 Å². The molecule has 8 heteroatoms. The highest BCUT2D eigenvalue weighted by Crippen LogP contribution is 2.30. The van der Waals surface area contributed by atoms with Gasteiger partial charge in [0.15, 0.2) is 11.4 Å². The standard InChI is InChI=1S/C11H15ClFN3.C11H8N2O/c1-16-6-2-11(13,3-7-16)8-9-10(12)15-5-4-14-9;14-8-10-2-1-5-13-11(10)9-3-6-12-7-4-9/h4-5H,2-3,6-8H2,1H3;1-8H. The topological polar surface area (TPSA) is 71.9 Å². The smallest absolute Gasteiger partial charge is 0.152 e. The highest BCUT2D eigenvalue weighted by molar-refractivity contribution is 6.29. The van der Waals surface area contributed by atoms with Crippen LogP contribution in [0.15, 0.2) is 55.2 Å². The lowest BCUT2D eigenvalue weighted by Gasteiger charge is -2.34. The first-order chi connectivity index (χ1) is 14.5. The minimum atomic E-state index is -1.17. The van der Waals surface area contributed by atoms with Crippen LogP contribution in [-0.4, -0.2) is 56.9 Å². The number of rotatable bonds is 4. The maximum absolute atomic E-state index is 14.5. The van der Waals surface area contributed by atoms with Crippen LogP contribution >= 0.6 is 11.6 Å². The first-order valence-corrected chi connectivity index (χ1v) is 10.0. The van der Waals surface area contributed by atoms with Gasteiger partial charge in [-0.15, -0.1) is 0 Å². The number of aromatic nitrogens is 4. The number of aldehydes is 1. The van der Waals surface area contributed by atoms with E-state index in [2.05, 4.69) is 24.8 Å². The summed E-state index contributed by atoms with van der Waals surface area (Å²) in [6.07, 6.45) is 10.3. The van der Waals surface area contributed by atoms with Gasteiger partial charge < -0.3 is 4.90 Å². The van der Waals surface area contributed by atoms with E-state index in [1.54, 1.807) is 36.9 Å². The third-order valence-corrected chi connectivity index (χ3v) is 5.33. The molecular weight excluding hydrogens is 405 g/mol. The Morgan fingerprint density at radius 2 is 1.77 bits per heavy atom. The van der Waals surface area contributed by atoms with E-state index in [9.17, 15) is 9.18 Å². The van der Waals surface area contributed by atoms with Crippen LogP contribution < -0.4 is 0 Å². The Kier molecular flexibility index (Phi) is 7.54. The van der Waals surface area contributed by atoms with Crippen molar-refractivity contribution in [3.63, 3.8) is 0 Å². The lowest BCUT2D eigenvalue weighted by Crippen LogP contribution is -2.41. The first kappa shape index (κ1) is 21.9. The zero-order valence-electron chi connectivity index (χ0n) is 16.7. The number of pyridine rings is 2. The van der Waals surface area contributed by atoms with E-state index in [4.69, 9.17) is 11.6 Å². The van der Waals surface area contributed by atoms with E-state index in [0.29, 0.717) is 34.9 Å². The van der Waals surface area contributed by atoms with E-state index in [0.717, 1.165) is 24.9 Å². The summed E-state index contributed by atoms with van der Waals surface area (Å²) in [5, 5.41) is 0.318. The third-order valence-electron chi connectivity index (χ3n) is 5.01. The van der Waals surface area contributed by atoms with Crippen LogP contribution in [0.5, 0.6) is 0 Å². The van der Waals surface area contributed by atoms with Gasteiger partial charge in [0.05, 0.1) is 11.4 Å². The second-order valence-electron chi connectivity index (χ2n) is 7.22. The third kappa shape index (κ3) is 5.87. The van der Waals surface area contributed by atoms with Crippen molar-refractivity contribution in [3.8, 4) is 11.3 Å². The summed E-state index contributed by atoms with van der Waals surface area (Å²) in [7, 11) is 2.01. The van der Waals surface area contributed by atoms with Gasteiger partial charge in [-0.05, 0) is 44.2 Å². The Morgan fingerprint density at radius 1 is 1.07 bits per heavy atom. The van der Waals surface area contributed by atoms with Gasteiger partial charge in [0.1, 0.15) is 5.67 Å². The summed E-state index contributed by atoms with van der Waals surface area (Å²) in [6, 6.07) is 7.15. The molecule has 156 valence electrons. The lowest BCUT2D eigenvalue weighted by molar-refractivity contribution is 0.0688. The predicted octanol–water partition coefficient (Wildman–Crippen LogP) is 4.06. The maximum Gasteiger partial charge on any atom is 0.152 e. The minimum Gasteiger partial charge on any atom is -0.306 e. The second kappa shape index (κ2) is 10.3. The van der Waals surface area contributed by atoms with Crippen molar-refractivity contribution in [1.82, 2.24) is 24.8 Å². The molecule has 4 rings (SSSR count). The van der Waals surface area contributed by atoms with Gasteiger partial charge in [-0.2, -0.15) is 0 Å². The molecular formula is C22H23ClFN5O. The van der Waals surface area contributed by atoms with Crippen molar-refractivity contribution >= 4 is 17.9 Å². The van der Waals surface area contributed by atoms with Gasteiger partial charge in [-0.1, -0.05) is 11.6 Å². The van der Waals surface area contributed by atoms with Gasteiger partial charge >= 0.3 is 0 Å². The van der Waals surface area contributed by atoms with Crippen LogP contribution in [0.2, 0.25) is 5.15 Å². The van der Waals surface area contributed by atoms with Gasteiger partial charge in [-0.25, -0.2) is 9.37 Å². The van der Waals surface area contributed by atoms with E-state index in [-0.39, 0.29) is 6.42 Å². The molecule has 3 aromatic rings. The van der Waals surface area contributed by atoms with Crippen molar-refractivity contribution in [1.29, 1.82) is 0 Å². The Bertz CT molecular complexity index is 965. The summed E-state index contributed by atoms with van der Waals surface area (Å²) in [5.41, 5.74) is 1.59. The van der Waals surface area contributed by atoms with E-state index >= 15 is 0 Å². The molecule has 4 heterocycles. The molecule has 0 N–H and O–H groups in total. The maximum atomic E-state index is 14.5. The van der Waals surface area contributed by atoms with Gasteiger partial charge in [0.2, 0.25) is 0 Å². The molecule has 3 aromatic heterocycles. The highest BCUT2D eigenvalue weighted by Gasteiger charge is 2.34. The predicted molar refractivity (Wildman–Crippen MR) is 114 cm³/mol. The van der Waals surface area contributed by atoms with Crippen molar-refractivity contribution in [2.45, 2.75) is 24.9 Å². The lowest BCUT2D eigenvalue weighted by atomic mass is 9.89. The molecule has 0 aromatic carbocycles. The normalized spacial score (nSPS) is 15.7. The number of carbonyl (C=O) groups is 1. The summed E-state index contributed by atoms with van der Waals surface area (Å²) >= 11 is 5.88. The number of hydrogen-bond donors (Lipinski definition) is 0. The quantitative estimate of drug-likeness (QED) is 0.584. The molecule has 1 aliphatic rings. The summed E-state index contributed by atoms with van der Waals surface area (Å²) in [4.78, 5) is 29.0. The fourth-order valence-electron chi connectivity index (χ4n) is 3.23. The Balaban J connectivity index is 0.000000172. The molecule has 0 bridgehead atoms. The van der Waals surface area contributed by atoms with Crippen LogP contribution in [0.25, 0.3) is 11.3 Å². The second-order valence-corrected chi connectivity index (χ2v) is 7.58. The largest absolute Gasteiger partial charge is 0.306 e. The molecule has 1 aliphatic heterocycles. The Morgan fingerprint density at radius 3 is 2.43 bits per heavy atom. The van der Waals surface area contributed by atoms with Crippen molar-refractivity contribution in [2.75, 3.05) is 20.1 Å². The summed E-state index contributed by atoms with van der Waals surface area (Å²) in [5.74, 6) is 0. The molecule has 6 nitrogen and oxygen atoms in total. The first-order valence-electron chi connectivity index (χ1n) is 9.64.